The average Bonchev–Trinajstić information content (AvgIpc) is 2.55. The summed E-state index contributed by atoms with van der Waals surface area (Å²) in [5.41, 5.74) is 1.96. The third-order valence-corrected chi connectivity index (χ3v) is 4.51. The minimum Gasteiger partial charge on any atom is -0.388 e. The van der Waals surface area contributed by atoms with Gasteiger partial charge in [-0.25, -0.2) is 4.21 Å². The monoisotopic (exact) mass is 345 g/mol. The van der Waals surface area contributed by atoms with Crippen molar-refractivity contribution >= 4 is 34.0 Å². The molecule has 2 aromatic carbocycles. The van der Waals surface area contributed by atoms with E-state index >= 15 is 0 Å². The van der Waals surface area contributed by atoms with Crippen LogP contribution in [0.5, 0.6) is 0 Å². The van der Waals surface area contributed by atoms with Crippen LogP contribution in [-0.2, 0) is 15.8 Å². The van der Waals surface area contributed by atoms with Crippen LogP contribution < -0.4 is 15.4 Å². The van der Waals surface area contributed by atoms with Crippen LogP contribution in [0.15, 0.2) is 53.4 Å². The Labute approximate surface area is 145 Å². The highest BCUT2D eigenvalue weighted by atomic mass is 32.2. The number of rotatable bonds is 5. The summed E-state index contributed by atoms with van der Waals surface area (Å²) < 4.78 is 15.3. The lowest BCUT2D eigenvalue weighted by Crippen LogP contribution is -2.27. The summed E-state index contributed by atoms with van der Waals surface area (Å²) in [5, 5.41) is 5.88. The van der Waals surface area contributed by atoms with Crippen LogP contribution in [0, 0.1) is 5.41 Å². The smallest absolute Gasteiger partial charge is 0.229 e. The van der Waals surface area contributed by atoms with E-state index in [9.17, 15) is 9.00 Å². The molecule has 6 heteroatoms. The first kappa shape index (κ1) is 18.0. The molecule has 5 nitrogen and oxygen atoms in total. The number of amides is 1. The summed E-state index contributed by atoms with van der Waals surface area (Å²) in [6, 6.07) is 14.5. The van der Waals surface area contributed by atoms with E-state index in [1.807, 2.05) is 52.1 Å². The zero-order chi connectivity index (χ0) is 17.7. The van der Waals surface area contributed by atoms with Gasteiger partial charge < -0.3 is 15.4 Å². The van der Waals surface area contributed by atoms with E-state index in [0.29, 0.717) is 10.6 Å². The van der Waals surface area contributed by atoms with E-state index in [-0.39, 0.29) is 5.91 Å². The molecule has 0 heterocycles. The maximum atomic E-state index is 12.3. The second-order valence-corrected chi connectivity index (χ2v) is 7.64. The zero-order valence-corrected chi connectivity index (χ0v) is 15.2. The third-order valence-electron chi connectivity index (χ3n) is 3.39. The van der Waals surface area contributed by atoms with Gasteiger partial charge in [0, 0.05) is 29.5 Å². The van der Waals surface area contributed by atoms with Crippen LogP contribution in [-0.4, -0.2) is 17.2 Å². The molecule has 24 heavy (non-hydrogen) atoms. The van der Waals surface area contributed by atoms with Gasteiger partial charge in [-0.1, -0.05) is 20.8 Å². The predicted molar refractivity (Wildman–Crippen MR) is 101 cm³/mol. The highest BCUT2D eigenvalue weighted by Crippen LogP contribution is 2.20. The molecule has 0 aliphatic carbocycles. The second-order valence-electron chi connectivity index (χ2n) is 6.43. The van der Waals surface area contributed by atoms with Crippen LogP contribution >= 0.6 is 0 Å². The van der Waals surface area contributed by atoms with E-state index in [1.165, 1.54) is 0 Å². The predicted octanol–water partition coefficient (Wildman–Crippen LogP) is 3.85. The van der Waals surface area contributed by atoms with Gasteiger partial charge in [0.1, 0.15) is 11.0 Å². The van der Waals surface area contributed by atoms with Crippen molar-refractivity contribution in [3.05, 3.63) is 48.5 Å². The van der Waals surface area contributed by atoms with Crippen molar-refractivity contribution in [2.75, 3.05) is 22.4 Å². The standard InChI is InChI=1S/C18H23N3O2S/c1-18(2,3)17(22)20-14-5-7-15(8-6-14)21-24(23)16-11-9-13(19-4)10-12-16/h5-12,19,21H,1-4H3,(H,20,22). The lowest BCUT2D eigenvalue weighted by atomic mass is 9.95. The molecule has 3 N–H and O–H groups in total. The Morgan fingerprint density at radius 1 is 0.875 bits per heavy atom. The SMILES string of the molecule is CNc1ccc(S(=O)Nc2ccc(NC(=O)C(C)(C)C)cc2)cc1. The molecule has 2 rings (SSSR count). The Hall–Kier alpha value is -2.34. The molecular weight excluding hydrogens is 322 g/mol. The van der Waals surface area contributed by atoms with Gasteiger partial charge in [-0.3, -0.25) is 4.79 Å². The first-order valence-electron chi connectivity index (χ1n) is 7.67. The first-order chi connectivity index (χ1) is 11.3. The number of nitrogens with one attached hydrogen (secondary N) is 3. The summed E-state index contributed by atoms with van der Waals surface area (Å²) >= 11 is 0. The van der Waals surface area contributed by atoms with E-state index < -0.39 is 16.4 Å². The molecule has 1 amide bonds. The number of carbonyl (C=O) groups is 1. The maximum Gasteiger partial charge on any atom is 0.229 e. The van der Waals surface area contributed by atoms with Crippen molar-refractivity contribution < 1.29 is 9.00 Å². The number of carbonyl (C=O) groups excluding carboxylic acids is 1. The van der Waals surface area contributed by atoms with Gasteiger partial charge in [-0.15, -0.1) is 0 Å². The van der Waals surface area contributed by atoms with Gasteiger partial charge in [0.05, 0.1) is 4.90 Å². The van der Waals surface area contributed by atoms with Crippen LogP contribution in [0.25, 0.3) is 0 Å². The largest absolute Gasteiger partial charge is 0.388 e. The zero-order valence-electron chi connectivity index (χ0n) is 14.3. The minimum absolute atomic E-state index is 0.0450. The average molecular weight is 345 g/mol. The van der Waals surface area contributed by atoms with E-state index in [0.717, 1.165) is 11.4 Å². The Morgan fingerprint density at radius 2 is 1.38 bits per heavy atom. The summed E-state index contributed by atoms with van der Waals surface area (Å²) in [6.45, 7) is 5.59. The molecule has 0 bridgehead atoms. The fraction of sp³-hybridized carbons (Fsp3) is 0.278. The van der Waals surface area contributed by atoms with Crippen LogP contribution in [0.1, 0.15) is 20.8 Å². The molecule has 0 saturated heterocycles. The van der Waals surface area contributed by atoms with Crippen molar-refractivity contribution in [1.29, 1.82) is 0 Å². The minimum atomic E-state index is -1.34. The second kappa shape index (κ2) is 7.49. The van der Waals surface area contributed by atoms with Crippen molar-refractivity contribution in [2.45, 2.75) is 25.7 Å². The Bertz CT molecular complexity index is 719. The van der Waals surface area contributed by atoms with Crippen molar-refractivity contribution in [3.8, 4) is 0 Å². The van der Waals surface area contributed by atoms with Gasteiger partial charge >= 0.3 is 0 Å². The van der Waals surface area contributed by atoms with E-state index in [2.05, 4.69) is 15.4 Å². The van der Waals surface area contributed by atoms with Gasteiger partial charge in [-0.05, 0) is 48.5 Å². The summed E-state index contributed by atoms with van der Waals surface area (Å²) in [4.78, 5) is 12.6. The Morgan fingerprint density at radius 3 is 1.88 bits per heavy atom. The topological polar surface area (TPSA) is 70.2 Å². The molecule has 0 aliphatic rings. The molecule has 0 fully saturated rings. The molecule has 1 atom stereocenters. The molecule has 2 aromatic rings. The molecule has 128 valence electrons. The van der Waals surface area contributed by atoms with Gasteiger partial charge in [0.25, 0.3) is 0 Å². The summed E-state index contributed by atoms with van der Waals surface area (Å²) in [7, 11) is 0.496. The first-order valence-corrected chi connectivity index (χ1v) is 8.82. The normalized spacial score (nSPS) is 12.3. The molecule has 0 spiro atoms. The quantitative estimate of drug-likeness (QED) is 0.771. The Balaban J connectivity index is 2.00. The fourth-order valence-corrected chi connectivity index (χ4v) is 2.70. The lowest BCUT2D eigenvalue weighted by Gasteiger charge is -2.17. The van der Waals surface area contributed by atoms with Crippen molar-refractivity contribution in [3.63, 3.8) is 0 Å². The summed E-state index contributed by atoms with van der Waals surface area (Å²) in [6.07, 6.45) is 0. The van der Waals surface area contributed by atoms with Gasteiger partial charge in [0.2, 0.25) is 5.91 Å². The lowest BCUT2D eigenvalue weighted by molar-refractivity contribution is -0.123. The molecule has 0 aromatic heterocycles. The van der Waals surface area contributed by atoms with Crippen LogP contribution in [0.2, 0.25) is 0 Å². The molecular formula is C18H23N3O2S. The van der Waals surface area contributed by atoms with Gasteiger partial charge in [0.15, 0.2) is 0 Å². The van der Waals surface area contributed by atoms with Crippen molar-refractivity contribution in [2.24, 2.45) is 5.41 Å². The highest BCUT2D eigenvalue weighted by molar-refractivity contribution is 7.86. The highest BCUT2D eigenvalue weighted by Gasteiger charge is 2.21. The fourth-order valence-electron chi connectivity index (χ4n) is 1.85. The Kier molecular flexibility index (Phi) is 5.62. The van der Waals surface area contributed by atoms with Crippen LogP contribution in [0.4, 0.5) is 17.1 Å². The van der Waals surface area contributed by atoms with E-state index in [1.54, 1.807) is 24.3 Å². The maximum absolute atomic E-state index is 12.3. The van der Waals surface area contributed by atoms with Gasteiger partial charge in [-0.2, -0.15) is 0 Å². The molecule has 0 radical (unpaired) electrons. The summed E-state index contributed by atoms with van der Waals surface area (Å²) in [5.74, 6) is -0.0450. The number of hydrogen-bond donors (Lipinski definition) is 3. The third kappa shape index (κ3) is 4.83. The molecule has 0 saturated carbocycles. The van der Waals surface area contributed by atoms with E-state index in [4.69, 9.17) is 0 Å². The van der Waals surface area contributed by atoms with Crippen molar-refractivity contribution in [1.82, 2.24) is 0 Å². The number of anilines is 3. The number of benzene rings is 2. The molecule has 0 aliphatic heterocycles. The van der Waals surface area contributed by atoms with Crippen LogP contribution in [0.3, 0.4) is 0 Å². The number of hydrogen-bond acceptors (Lipinski definition) is 3. The molecule has 1 unspecified atom stereocenters.